The van der Waals surface area contributed by atoms with Crippen molar-refractivity contribution in [3.8, 4) is 0 Å². The second-order valence-electron chi connectivity index (χ2n) is 6.23. The highest BCUT2D eigenvalue weighted by atomic mass is 16.5. The first-order valence-electron chi connectivity index (χ1n) is 8.14. The van der Waals surface area contributed by atoms with Gasteiger partial charge in [-0.3, -0.25) is 4.79 Å². The number of carboxylic acids is 1. The predicted octanol–water partition coefficient (Wildman–Crippen LogP) is 2.84. The molecule has 1 aromatic carbocycles. The van der Waals surface area contributed by atoms with Gasteiger partial charge in [-0.1, -0.05) is 49.6 Å². The summed E-state index contributed by atoms with van der Waals surface area (Å²) in [7, 11) is 1.59. The van der Waals surface area contributed by atoms with Gasteiger partial charge in [-0.15, -0.1) is 0 Å². The molecule has 1 fully saturated rings. The van der Waals surface area contributed by atoms with Crippen LogP contribution in [0.1, 0.15) is 44.6 Å². The molecular formula is C18H25NO4. The molecule has 1 aliphatic rings. The van der Waals surface area contributed by atoms with Crippen molar-refractivity contribution in [2.24, 2.45) is 0 Å². The van der Waals surface area contributed by atoms with Gasteiger partial charge in [0, 0.05) is 7.05 Å². The molecule has 126 valence electrons. The third-order valence-corrected chi connectivity index (χ3v) is 4.74. The molecule has 2 rings (SSSR count). The first-order chi connectivity index (χ1) is 11.0. The molecule has 0 saturated heterocycles. The van der Waals surface area contributed by atoms with E-state index in [1.807, 2.05) is 30.3 Å². The van der Waals surface area contributed by atoms with Gasteiger partial charge in [0.05, 0.1) is 6.61 Å². The highest BCUT2D eigenvalue weighted by Gasteiger charge is 2.46. The van der Waals surface area contributed by atoms with Crippen molar-refractivity contribution in [3.05, 3.63) is 35.9 Å². The van der Waals surface area contributed by atoms with E-state index in [-0.39, 0.29) is 5.91 Å². The Balaban J connectivity index is 2.01. The van der Waals surface area contributed by atoms with Crippen molar-refractivity contribution in [1.82, 2.24) is 4.90 Å². The Kier molecular flexibility index (Phi) is 5.77. The fourth-order valence-electron chi connectivity index (χ4n) is 3.18. The predicted molar refractivity (Wildman–Crippen MR) is 86.9 cm³/mol. The number of ether oxygens (including phenoxy) is 1. The normalized spacial score (nSPS) is 18.2. The van der Waals surface area contributed by atoms with Gasteiger partial charge in [-0.2, -0.15) is 0 Å². The molecule has 1 unspecified atom stereocenters. The number of amides is 1. The Hall–Kier alpha value is -1.88. The molecule has 1 aromatic rings. The summed E-state index contributed by atoms with van der Waals surface area (Å²) in [6.45, 7) is 2.02. The van der Waals surface area contributed by atoms with Crippen molar-refractivity contribution in [1.29, 1.82) is 0 Å². The summed E-state index contributed by atoms with van der Waals surface area (Å²) in [4.78, 5) is 25.8. The number of aliphatic carboxylic acids is 1. The average Bonchev–Trinajstić information content (AvgIpc) is 2.59. The molecule has 0 radical (unpaired) electrons. The standard InChI is InChI=1S/C18H25NO4/c1-14(23-13-15-9-5-3-6-10-15)16(20)19(2)18(17(21)22)11-7-4-8-12-18/h3,5-6,9-10,14H,4,7-8,11-13H2,1-2H3,(H,21,22). The maximum Gasteiger partial charge on any atom is 0.329 e. The van der Waals surface area contributed by atoms with Gasteiger partial charge in [-0.25, -0.2) is 4.79 Å². The summed E-state index contributed by atoms with van der Waals surface area (Å²) in [5.41, 5.74) is -0.0971. The first-order valence-corrected chi connectivity index (χ1v) is 8.14. The summed E-state index contributed by atoms with van der Waals surface area (Å²) >= 11 is 0. The van der Waals surface area contributed by atoms with Crippen LogP contribution in [0.25, 0.3) is 0 Å². The van der Waals surface area contributed by atoms with E-state index >= 15 is 0 Å². The van der Waals surface area contributed by atoms with Crippen molar-refractivity contribution >= 4 is 11.9 Å². The van der Waals surface area contributed by atoms with E-state index in [1.165, 1.54) is 4.90 Å². The summed E-state index contributed by atoms with van der Waals surface area (Å²) in [6, 6.07) is 9.62. The monoisotopic (exact) mass is 319 g/mol. The van der Waals surface area contributed by atoms with E-state index < -0.39 is 17.6 Å². The number of carbonyl (C=O) groups is 2. The third kappa shape index (κ3) is 3.91. The number of hydrogen-bond donors (Lipinski definition) is 1. The average molecular weight is 319 g/mol. The second-order valence-corrected chi connectivity index (χ2v) is 6.23. The summed E-state index contributed by atoms with van der Waals surface area (Å²) in [6.07, 6.45) is 3.05. The maximum absolute atomic E-state index is 12.6. The fraction of sp³-hybridized carbons (Fsp3) is 0.556. The molecule has 5 nitrogen and oxygen atoms in total. The van der Waals surface area contributed by atoms with Crippen molar-refractivity contribution in [3.63, 3.8) is 0 Å². The lowest BCUT2D eigenvalue weighted by Crippen LogP contribution is -2.58. The van der Waals surface area contributed by atoms with Gasteiger partial charge in [0.2, 0.25) is 0 Å². The van der Waals surface area contributed by atoms with E-state index in [2.05, 4.69) is 0 Å². The lowest BCUT2D eigenvalue weighted by atomic mass is 9.80. The van der Waals surface area contributed by atoms with Crippen LogP contribution in [0, 0.1) is 0 Å². The van der Waals surface area contributed by atoms with Crippen LogP contribution in [0.15, 0.2) is 30.3 Å². The SMILES string of the molecule is CC(OCc1ccccc1)C(=O)N(C)C1(C(=O)O)CCCCC1. The minimum Gasteiger partial charge on any atom is -0.479 e. The zero-order valence-electron chi connectivity index (χ0n) is 13.8. The van der Waals surface area contributed by atoms with Crippen molar-refractivity contribution in [2.75, 3.05) is 7.05 Å². The van der Waals surface area contributed by atoms with Crippen LogP contribution in [0.4, 0.5) is 0 Å². The molecular weight excluding hydrogens is 294 g/mol. The summed E-state index contributed by atoms with van der Waals surface area (Å²) < 4.78 is 5.64. The van der Waals surface area contributed by atoms with Gasteiger partial charge in [0.1, 0.15) is 11.6 Å². The number of hydrogen-bond acceptors (Lipinski definition) is 3. The number of carbonyl (C=O) groups excluding carboxylic acids is 1. The maximum atomic E-state index is 12.6. The van der Waals surface area contributed by atoms with Crippen LogP contribution in [-0.2, 0) is 20.9 Å². The van der Waals surface area contributed by atoms with E-state index in [4.69, 9.17) is 4.74 Å². The number of nitrogens with zero attached hydrogens (tertiary/aromatic N) is 1. The van der Waals surface area contributed by atoms with Gasteiger partial charge >= 0.3 is 5.97 Å². The zero-order valence-corrected chi connectivity index (χ0v) is 13.8. The van der Waals surface area contributed by atoms with Crippen LogP contribution in [0.3, 0.4) is 0 Å². The molecule has 0 bridgehead atoms. The lowest BCUT2D eigenvalue weighted by molar-refractivity contribution is -0.165. The van der Waals surface area contributed by atoms with Crippen LogP contribution < -0.4 is 0 Å². The summed E-state index contributed by atoms with van der Waals surface area (Å²) in [5, 5.41) is 9.66. The van der Waals surface area contributed by atoms with Gasteiger partial charge in [0.15, 0.2) is 0 Å². The van der Waals surface area contributed by atoms with Crippen LogP contribution in [0.5, 0.6) is 0 Å². The van der Waals surface area contributed by atoms with Crippen molar-refractivity contribution < 1.29 is 19.4 Å². The van der Waals surface area contributed by atoms with Crippen LogP contribution in [-0.4, -0.2) is 40.6 Å². The van der Waals surface area contributed by atoms with E-state index in [0.717, 1.165) is 24.8 Å². The Morgan fingerprint density at radius 1 is 1.22 bits per heavy atom. The largest absolute Gasteiger partial charge is 0.479 e. The Morgan fingerprint density at radius 2 is 1.83 bits per heavy atom. The molecule has 1 amide bonds. The molecule has 5 heteroatoms. The number of carboxylic acid groups (broad SMARTS) is 1. The minimum absolute atomic E-state index is 0.273. The Morgan fingerprint density at radius 3 is 2.39 bits per heavy atom. The lowest BCUT2D eigenvalue weighted by Gasteiger charge is -2.41. The summed E-state index contributed by atoms with van der Waals surface area (Å²) in [5.74, 6) is -1.19. The third-order valence-electron chi connectivity index (χ3n) is 4.74. The quantitative estimate of drug-likeness (QED) is 0.875. The van der Waals surface area contributed by atoms with Crippen LogP contribution in [0.2, 0.25) is 0 Å². The molecule has 1 atom stereocenters. The minimum atomic E-state index is -1.08. The molecule has 1 N–H and O–H groups in total. The van der Waals surface area contributed by atoms with Gasteiger partial charge < -0.3 is 14.7 Å². The Labute approximate surface area is 137 Å². The fourth-order valence-corrected chi connectivity index (χ4v) is 3.18. The topological polar surface area (TPSA) is 66.8 Å². The van der Waals surface area contributed by atoms with E-state index in [0.29, 0.717) is 19.4 Å². The van der Waals surface area contributed by atoms with Gasteiger partial charge in [-0.05, 0) is 25.3 Å². The van der Waals surface area contributed by atoms with Crippen LogP contribution >= 0.6 is 0 Å². The number of benzene rings is 1. The zero-order chi connectivity index (χ0) is 16.9. The Bertz CT molecular complexity index is 537. The first kappa shape index (κ1) is 17.5. The molecule has 0 spiro atoms. The smallest absolute Gasteiger partial charge is 0.329 e. The molecule has 1 aliphatic carbocycles. The van der Waals surface area contributed by atoms with E-state index in [1.54, 1.807) is 14.0 Å². The number of likely N-dealkylation sites (N-methyl/N-ethyl adjacent to an activating group) is 1. The molecule has 0 aliphatic heterocycles. The molecule has 0 heterocycles. The highest BCUT2D eigenvalue weighted by Crippen LogP contribution is 2.33. The molecule has 1 saturated carbocycles. The highest BCUT2D eigenvalue weighted by molar-refractivity contribution is 5.89. The van der Waals surface area contributed by atoms with E-state index in [9.17, 15) is 14.7 Å². The molecule has 23 heavy (non-hydrogen) atoms. The van der Waals surface area contributed by atoms with Gasteiger partial charge in [0.25, 0.3) is 5.91 Å². The number of rotatable bonds is 6. The molecule has 0 aromatic heterocycles. The second kappa shape index (κ2) is 7.59. The van der Waals surface area contributed by atoms with Crippen molar-refractivity contribution in [2.45, 2.75) is 57.3 Å².